The lowest BCUT2D eigenvalue weighted by atomic mass is 9.73. The molecule has 0 N–H and O–H groups in total. The molecule has 2 aromatic rings. The van der Waals surface area contributed by atoms with E-state index in [9.17, 15) is 14.4 Å². The fourth-order valence-electron chi connectivity index (χ4n) is 4.53. The second-order valence-electron chi connectivity index (χ2n) is 8.68. The van der Waals surface area contributed by atoms with Gasteiger partial charge in [-0.2, -0.15) is 0 Å². The number of imide groups is 1. The maximum absolute atomic E-state index is 13.1. The molecule has 1 aliphatic carbocycles. The lowest BCUT2D eigenvalue weighted by Gasteiger charge is -2.28. The first kappa shape index (κ1) is 20.3. The van der Waals surface area contributed by atoms with E-state index in [0.29, 0.717) is 30.2 Å². The Hall–Kier alpha value is -2.95. The van der Waals surface area contributed by atoms with Gasteiger partial charge < -0.3 is 4.74 Å². The van der Waals surface area contributed by atoms with Crippen LogP contribution in [0.1, 0.15) is 54.9 Å². The molecule has 2 amide bonds. The summed E-state index contributed by atoms with van der Waals surface area (Å²) in [7, 11) is 0. The third kappa shape index (κ3) is 3.89. The van der Waals surface area contributed by atoms with Crippen LogP contribution in [0.3, 0.4) is 0 Å². The summed E-state index contributed by atoms with van der Waals surface area (Å²) in [5.41, 5.74) is 2.18. The number of carbonyl (C=O) groups is 3. The molecule has 3 atom stereocenters. The van der Waals surface area contributed by atoms with Gasteiger partial charge in [-0.1, -0.05) is 44.2 Å². The Labute approximate surface area is 177 Å². The lowest BCUT2D eigenvalue weighted by Crippen LogP contribution is -2.30. The zero-order valence-corrected chi connectivity index (χ0v) is 17.4. The number of hydrogen-bond acceptors (Lipinski definition) is 4. The number of fused-ring (bicyclic) bond motifs is 1. The highest BCUT2D eigenvalue weighted by molar-refractivity contribution is 6.22. The van der Waals surface area contributed by atoms with Crippen molar-refractivity contribution >= 4 is 23.5 Å². The average Bonchev–Trinajstić information content (AvgIpc) is 3.02. The van der Waals surface area contributed by atoms with Crippen LogP contribution in [0.5, 0.6) is 0 Å². The van der Waals surface area contributed by atoms with Crippen molar-refractivity contribution in [2.75, 3.05) is 11.5 Å². The Morgan fingerprint density at radius 1 is 0.967 bits per heavy atom. The second kappa shape index (κ2) is 8.42. The van der Waals surface area contributed by atoms with Crippen molar-refractivity contribution in [1.82, 2.24) is 0 Å². The van der Waals surface area contributed by atoms with Crippen molar-refractivity contribution in [2.45, 2.75) is 39.0 Å². The maximum Gasteiger partial charge on any atom is 0.338 e. The first-order valence-electron chi connectivity index (χ1n) is 10.7. The van der Waals surface area contributed by atoms with Gasteiger partial charge in [0.2, 0.25) is 11.8 Å². The Balaban J connectivity index is 1.49. The van der Waals surface area contributed by atoms with Gasteiger partial charge >= 0.3 is 5.97 Å². The lowest BCUT2D eigenvalue weighted by molar-refractivity contribution is -0.122. The third-order valence-corrected chi connectivity index (χ3v) is 6.11. The smallest absolute Gasteiger partial charge is 0.338 e. The summed E-state index contributed by atoms with van der Waals surface area (Å²) in [5, 5.41) is 0. The topological polar surface area (TPSA) is 63.7 Å². The number of benzene rings is 2. The van der Waals surface area contributed by atoms with E-state index in [2.05, 4.69) is 12.1 Å². The summed E-state index contributed by atoms with van der Waals surface area (Å²) in [5.74, 6) is -0.584. The highest BCUT2D eigenvalue weighted by Crippen LogP contribution is 2.45. The van der Waals surface area contributed by atoms with Gasteiger partial charge in [-0.05, 0) is 60.9 Å². The molecule has 1 aliphatic heterocycles. The van der Waals surface area contributed by atoms with Crippen LogP contribution in [0.25, 0.3) is 0 Å². The standard InChI is InChI=1S/C25H27NO4/c1-16(2)15-30-25(29)18-8-11-20(12-9-18)26-23(27)21-13-10-19(14-22(21)24(26)28)17-6-4-3-5-7-17/h3-9,11-12,16,19,21-22H,10,13-15H2,1-2H3. The van der Waals surface area contributed by atoms with Crippen LogP contribution in [0.2, 0.25) is 0 Å². The fraction of sp³-hybridized carbons (Fsp3) is 0.400. The van der Waals surface area contributed by atoms with E-state index in [-0.39, 0.29) is 29.6 Å². The van der Waals surface area contributed by atoms with Gasteiger partial charge in [-0.25, -0.2) is 4.79 Å². The molecule has 2 fully saturated rings. The van der Waals surface area contributed by atoms with Crippen LogP contribution >= 0.6 is 0 Å². The number of rotatable bonds is 5. The van der Waals surface area contributed by atoms with E-state index in [1.165, 1.54) is 10.5 Å². The fourth-order valence-corrected chi connectivity index (χ4v) is 4.53. The molecule has 2 aromatic carbocycles. The third-order valence-electron chi connectivity index (χ3n) is 6.11. The summed E-state index contributed by atoms with van der Waals surface area (Å²) in [6.45, 7) is 4.31. The number of hydrogen-bond donors (Lipinski definition) is 0. The van der Waals surface area contributed by atoms with Gasteiger partial charge in [0, 0.05) is 0 Å². The summed E-state index contributed by atoms with van der Waals surface area (Å²) < 4.78 is 5.24. The van der Waals surface area contributed by atoms with E-state index in [1.807, 2.05) is 32.0 Å². The quantitative estimate of drug-likeness (QED) is 0.540. The molecule has 30 heavy (non-hydrogen) atoms. The van der Waals surface area contributed by atoms with Crippen molar-refractivity contribution in [2.24, 2.45) is 17.8 Å². The largest absolute Gasteiger partial charge is 0.462 e. The molecule has 5 heteroatoms. The Morgan fingerprint density at radius 2 is 1.63 bits per heavy atom. The van der Waals surface area contributed by atoms with Crippen LogP contribution in [0.15, 0.2) is 54.6 Å². The minimum absolute atomic E-state index is 0.119. The molecular formula is C25H27NO4. The molecule has 0 radical (unpaired) electrons. The van der Waals surface area contributed by atoms with E-state index in [1.54, 1.807) is 24.3 Å². The van der Waals surface area contributed by atoms with E-state index in [0.717, 1.165) is 12.8 Å². The predicted molar refractivity (Wildman–Crippen MR) is 114 cm³/mol. The van der Waals surface area contributed by atoms with Crippen molar-refractivity contribution in [3.05, 3.63) is 65.7 Å². The number of nitrogens with zero attached hydrogens (tertiary/aromatic N) is 1. The number of carbonyl (C=O) groups excluding carboxylic acids is 3. The van der Waals surface area contributed by atoms with E-state index in [4.69, 9.17) is 4.74 Å². The summed E-state index contributed by atoms with van der Waals surface area (Å²) in [4.78, 5) is 39.6. The van der Waals surface area contributed by atoms with Gasteiger partial charge in [0.05, 0.1) is 29.7 Å². The Morgan fingerprint density at radius 3 is 2.30 bits per heavy atom. The van der Waals surface area contributed by atoms with Crippen LogP contribution in [-0.2, 0) is 14.3 Å². The highest BCUT2D eigenvalue weighted by Gasteiger charge is 2.50. The summed E-state index contributed by atoms with van der Waals surface area (Å²) in [6.07, 6.45) is 2.35. The van der Waals surface area contributed by atoms with Crippen molar-refractivity contribution in [3.8, 4) is 0 Å². The van der Waals surface area contributed by atoms with Gasteiger partial charge in [0.15, 0.2) is 0 Å². The number of esters is 1. The first-order valence-corrected chi connectivity index (χ1v) is 10.7. The zero-order chi connectivity index (χ0) is 21.3. The maximum atomic E-state index is 13.1. The molecule has 4 rings (SSSR count). The van der Waals surface area contributed by atoms with Crippen LogP contribution in [0, 0.1) is 17.8 Å². The molecular weight excluding hydrogens is 378 g/mol. The van der Waals surface area contributed by atoms with Gasteiger partial charge in [0.1, 0.15) is 0 Å². The minimum Gasteiger partial charge on any atom is -0.462 e. The molecule has 2 aliphatic rings. The van der Waals surface area contributed by atoms with Gasteiger partial charge in [0.25, 0.3) is 0 Å². The van der Waals surface area contributed by atoms with E-state index < -0.39 is 5.97 Å². The molecule has 0 aromatic heterocycles. The van der Waals surface area contributed by atoms with Crippen molar-refractivity contribution < 1.29 is 19.1 Å². The van der Waals surface area contributed by atoms with Gasteiger partial charge in [-0.15, -0.1) is 0 Å². The molecule has 1 heterocycles. The highest BCUT2D eigenvalue weighted by atomic mass is 16.5. The molecule has 3 unspecified atom stereocenters. The molecule has 0 bridgehead atoms. The molecule has 1 saturated carbocycles. The van der Waals surface area contributed by atoms with Crippen molar-refractivity contribution in [3.63, 3.8) is 0 Å². The number of amides is 2. The number of anilines is 1. The second-order valence-corrected chi connectivity index (χ2v) is 8.68. The summed E-state index contributed by atoms with van der Waals surface area (Å²) in [6, 6.07) is 16.8. The van der Waals surface area contributed by atoms with E-state index >= 15 is 0 Å². The first-order chi connectivity index (χ1) is 14.5. The Bertz CT molecular complexity index is 935. The number of ether oxygens (including phenoxy) is 1. The summed E-state index contributed by atoms with van der Waals surface area (Å²) >= 11 is 0. The van der Waals surface area contributed by atoms with Crippen LogP contribution in [-0.4, -0.2) is 24.4 Å². The molecule has 156 valence electrons. The molecule has 5 nitrogen and oxygen atoms in total. The Kier molecular flexibility index (Phi) is 5.71. The molecule has 1 saturated heterocycles. The average molecular weight is 405 g/mol. The minimum atomic E-state index is -0.395. The van der Waals surface area contributed by atoms with Crippen LogP contribution < -0.4 is 4.90 Å². The molecule has 0 spiro atoms. The monoisotopic (exact) mass is 405 g/mol. The van der Waals surface area contributed by atoms with Crippen LogP contribution in [0.4, 0.5) is 5.69 Å². The predicted octanol–water partition coefficient (Wildman–Crippen LogP) is 4.57. The SMILES string of the molecule is CC(C)COC(=O)c1ccc(N2C(=O)C3CCC(c4ccccc4)CC3C2=O)cc1. The zero-order valence-electron chi connectivity index (χ0n) is 17.4. The van der Waals surface area contributed by atoms with Gasteiger partial charge in [-0.3, -0.25) is 14.5 Å². The normalized spacial score (nSPS) is 23.6. The van der Waals surface area contributed by atoms with Crippen molar-refractivity contribution in [1.29, 1.82) is 0 Å².